The number of rotatable bonds is 1. The van der Waals surface area contributed by atoms with Gasteiger partial charge in [0.25, 0.3) is 0 Å². The third-order valence-electron chi connectivity index (χ3n) is 6.98. The van der Waals surface area contributed by atoms with E-state index < -0.39 is 6.10 Å². The maximum Gasteiger partial charge on any atom is 0.302 e. The number of carbonyl (C=O) groups excluding carboxylic acids is 1. The molecule has 0 saturated heterocycles. The highest BCUT2D eigenvalue weighted by Crippen LogP contribution is 2.61. The summed E-state index contributed by atoms with van der Waals surface area (Å²) in [5.74, 6) is 1.45. The summed E-state index contributed by atoms with van der Waals surface area (Å²) in [5.41, 5.74) is 2.49. The number of aryl methyl sites for hydroxylation is 1. The van der Waals surface area contributed by atoms with E-state index >= 15 is 0 Å². The van der Waals surface area contributed by atoms with Gasteiger partial charge < -0.3 is 14.9 Å². The SMILES string of the molecule is CC(=O)OC1CC2C3CCc4cc(O)ccc4C3CCC2(C)C1O. The molecule has 4 rings (SSSR count). The van der Waals surface area contributed by atoms with E-state index in [1.165, 1.54) is 18.1 Å². The van der Waals surface area contributed by atoms with Crippen LogP contribution in [0, 0.1) is 17.3 Å². The smallest absolute Gasteiger partial charge is 0.302 e. The van der Waals surface area contributed by atoms with Crippen molar-refractivity contribution >= 4 is 5.97 Å². The predicted molar refractivity (Wildman–Crippen MR) is 89.7 cm³/mol. The molecule has 0 heterocycles. The molecule has 2 N–H and O–H groups in total. The Kier molecular flexibility index (Phi) is 3.64. The van der Waals surface area contributed by atoms with E-state index in [-0.39, 0.29) is 17.5 Å². The molecular formula is C20H26O4. The Balaban J connectivity index is 1.65. The number of esters is 1. The largest absolute Gasteiger partial charge is 0.508 e. The summed E-state index contributed by atoms with van der Waals surface area (Å²) in [6, 6.07) is 5.78. The van der Waals surface area contributed by atoms with E-state index in [4.69, 9.17) is 4.74 Å². The lowest BCUT2D eigenvalue weighted by Gasteiger charge is -2.49. The van der Waals surface area contributed by atoms with Crippen molar-refractivity contribution in [3.8, 4) is 5.75 Å². The van der Waals surface area contributed by atoms with Crippen LogP contribution in [-0.2, 0) is 16.0 Å². The minimum atomic E-state index is -0.562. The van der Waals surface area contributed by atoms with Crippen molar-refractivity contribution in [2.24, 2.45) is 17.3 Å². The van der Waals surface area contributed by atoms with Crippen LogP contribution in [0.4, 0.5) is 0 Å². The molecule has 2 saturated carbocycles. The summed E-state index contributed by atoms with van der Waals surface area (Å²) in [5, 5.41) is 20.6. The van der Waals surface area contributed by atoms with Crippen molar-refractivity contribution in [2.75, 3.05) is 0 Å². The van der Waals surface area contributed by atoms with Crippen molar-refractivity contribution in [3.63, 3.8) is 0 Å². The lowest BCUT2D eigenvalue weighted by Crippen LogP contribution is -2.45. The first-order valence-electron chi connectivity index (χ1n) is 9.07. The van der Waals surface area contributed by atoms with E-state index in [1.54, 1.807) is 6.07 Å². The number of phenols is 1. The molecule has 0 amide bonds. The Morgan fingerprint density at radius 2 is 2.12 bits per heavy atom. The van der Waals surface area contributed by atoms with Gasteiger partial charge in [-0.15, -0.1) is 0 Å². The average molecular weight is 330 g/mol. The molecule has 6 atom stereocenters. The van der Waals surface area contributed by atoms with Crippen LogP contribution in [0.1, 0.15) is 56.6 Å². The number of carbonyl (C=O) groups is 1. The lowest BCUT2D eigenvalue weighted by atomic mass is 9.55. The maximum atomic E-state index is 11.4. The molecule has 2 fully saturated rings. The minimum Gasteiger partial charge on any atom is -0.508 e. The topological polar surface area (TPSA) is 66.8 Å². The second kappa shape index (κ2) is 5.48. The zero-order valence-electron chi connectivity index (χ0n) is 14.4. The van der Waals surface area contributed by atoms with Crippen molar-refractivity contribution in [1.29, 1.82) is 0 Å². The van der Waals surface area contributed by atoms with Crippen molar-refractivity contribution in [1.82, 2.24) is 0 Å². The molecule has 0 spiro atoms. The second-order valence-electron chi connectivity index (χ2n) is 8.17. The van der Waals surface area contributed by atoms with Gasteiger partial charge in [0, 0.05) is 12.3 Å². The normalized spacial score (nSPS) is 40.4. The molecule has 3 aliphatic rings. The number of hydrogen-bond acceptors (Lipinski definition) is 4. The van der Waals surface area contributed by atoms with Crippen LogP contribution < -0.4 is 0 Å². The summed E-state index contributed by atoms with van der Waals surface area (Å²) in [6.45, 7) is 3.59. The number of hydrogen-bond donors (Lipinski definition) is 2. The Bertz CT molecular complexity index is 670. The van der Waals surface area contributed by atoms with Gasteiger partial charge in [0.1, 0.15) is 11.9 Å². The molecule has 4 nitrogen and oxygen atoms in total. The fourth-order valence-corrected chi connectivity index (χ4v) is 5.86. The van der Waals surface area contributed by atoms with Gasteiger partial charge >= 0.3 is 5.97 Å². The van der Waals surface area contributed by atoms with Gasteiger partial charge in [-0.3, -0.25) is 4.79 Å². The first-order chi connectivity index (χ1) is 11.4. The van der Waals surface area contributed by atoms with Gasteiger partial charge in [-0.1, -0.05) is 13.0 Å². The highest BCUT2D eigenvalue weighted by Gasteiger charge is 2.59. The lowest BCUT2D eigenvalue weighted by molar-refractivity contribution is -0.153. The average Bonchev–Trinajstić information content (AvgIpc) is 2.78. The molecule has 0 radical (unpaired) electrons. The Morgan fingerprint density at radius 3 is 2.88 bits per heavy atom. The Labute approximate surface area is 142 Å². The number of phenolic OH excluding ortho intramolecular Hbond substituents is 1. The second-order valence-corrected chi connectivity index (χ2v) is 8.17. The molecule has 3 aliphatic carbocycles. The standard InChI is InChI=1S/C20H26O4/c1-11(21)24-18-10-17-16-5-3-12-9-13(22)4-6-14(12)15(16)7-8-20(17,2)19(18)23/h4,6,9,15-19,22-23H,3,5,7-8,10H2,1-2H3. The zero-order chi connectivity index (χ0) is 17.1. The summed E-state index contributed by atoms with van der Waals surface area (Å²) in [4.78, 5) is 11.4. The van der Waals surface area contributed by atoms with Gasteiger partial charge in [-0.2, -0.15) is 0 Å². The van der Waals surface area contributed by atoms with Crippen LogP contribution in [0.2, 0.25) is 0 Å². The highest BCUT2D eigenvalue weighted by molar-refractivity contribution is 5.66. The first-order valence-corrected chi connectivity index (χ1v) is 9.07. The molecule has 4 heteroatoms. The van der Waals surface area contributed by atoms with Crippen LogP contribution in [0.25, 0.3) is 0 Å². The summed E-state index contributed by atoms with van der Waals surface area (Å²) < 4.78 is 5.42. The zero-order valence-corrected chi connectivity index (χ0v) is 14.4. The monoisotopic (exact) mass is 330 g/mol. The summed E-state index contributed by atoms with van der Waals surface area (Å²) in [7, 11) is 0. The third-order valence-corrected chi connectivity index (χ3v) is 6.98. The van der Waals surface area contributed by atoms with Gasteiger partial charge in [-0.25, -0.2) is 0 Å². The van der Waals surface area contributed by atoms with Crippen LogP contribution in [0.5, 0.6) is 5.75 Å². The Hall–Kier alpha value is -1.55. The summed E-state index contributed by atoms with van der Waals surface area (Å²) in [6.07, 6.45) is 3.92. The molecule has 6 unspecified atom stereocenters. The van der Waals surface area contributed by atoms with Gasteiger partial charge in [-0.05, 0) is 73.1 Å². The fraction of sp³-hybridized carbons (Fsp3) is 0.650. The number of aromatic hydroxyl groups is 1. The molecule has 0 aliphatic heterocycles. The van der Waals surface area contributed by atoms with Crippen LogP contribution in [0.3, 0.4) is 0 Å². The molecule has 24 heavy (non-hydrogen) atoms. The van der Waals surface area contributed by atoms with Crippen LogP contribution in [-0.4, -0.2) is 28.4 Å². The molecule has 1 aromatic rings. The number of benzene rings is 1. The first kappa shape index (κ1) is 15.9. The van der Waals surface area contributed by atoms with Crippen molar-refractivity contribution in [2.45, 2.75) is 64.1 Å². The van der Waals surface area contributed by atoms with Crippen LogP contribution >= 0.6 is 0 Å². The summed E-state index contributed by atoms with van der Waals surface area (Å²) >= 11 is 0. The fourth-order valence-electron chi connectivity index (χ4n) is 5.86. The van der Waals surface area contributed by atoms with Gasteiger partial charge in [0.2, 0.25) is 0 Å². The van der Waals surface area contributed by atoms with E-state index in [2.05, 4.69) is 13.0 Å². The van der Waals surface area contributed by atoms with E-state index in [1.807, 2.05) is 6.07 Å². The maximum absolute atomic E-state index is 11.4. The van der Waals surface area contributed by atoms with Crippen molar-refractivity contribution < 1.29 is 19.7 Å². The number of aliphatic hydroxyl groups is 1. The van der Waals surface area contributed by atoms with E-state index in [9.17, 15) is 15.0 Å². The predicted octanol–water partition coefficient (Wildman–Crippen LogP) is 3.15. The van der Waals surface area contributed by atoms with Gasteiger partial charge in [0.05, 0.1) is 6.10 Å². The molecule has 130 valence electrons. The Morgan fingerprint density at radius 1 is 1.33 bits per heavy atom. The molecule has 1 aromatic carbocycles. The number of ether oxygens (including phenoxy) is 1. The molecule has 0 aromatic heterocycles. The van der Waals surface area contributed by atoms with E-state index in [0.717, 1.165) is 32.1 Å². The van der Waals surface area contributed by atoms with Crippen molar-refractivity contribution in [3.05, 3.63) is 29.3 Å². The van der Waals surface area contributed by atoms with Gasteiger partial charge in [0.15, 0.2) is 0 Å². The van der Waals surface area contributed by atoms with E-state index in [0.29, 0.717) is 23.5 Å². The highest BCUT2D eigenvalue weighted by atomic mass is 16.6. The quantitative estimate of drug-likeness (QED) is 0.776. The third kappa shape index (κ3) is 2.26. The number of fused-ring (bicyclic) bond motifs is 5. The molecule has 0 bridgehead atoms. The number of aliphatic hydroxyl groups excluding tert-OH is 1. The van der Waals surface area contributed by atoms with Crippen LogP contribution in [0.15, 0.2) is 18.2 Å². The molecular weight excluding hydrogens is 304 g/mol. The minimum absolute atomic E-state index is 0.157.